The summed E-state index contributed by atoms with van der Waals surface area (Å²) in [5.41, 5.74) is 2.13. The number of benzene rings is 1. The number of nitrogens with one attached hydrogen (secondary N) is 1. The van der Waals surface area contributed by atoms with Gasteiger partial charge >= 0.3 is 0 Å². The Morgan fingerprint density at radius 3 is 2.40 bits per heavy atom. The molecule has 0 saturated heterocycles. The van der Waals surface area contributed by atoms with Gasteiger partial charge in [-0.1, -0.05) is 6.07 Å². The maximum absolute atomic E-state index is 11.8. The van der Waals surface area contributed by atoms with Crippen LogP contribution in [0.25, 0.3) is 0 Å². The average molecular weight is 227 g/mol. The zero-order valence-electron chi connectivity index (χ0n) is 9.37. The van der Waals surface area contributed by atoms with E-state index >= 15 is 0 Å². The first-order valence-electron chi connectivity index (χ1n) is 4.92. The van der Waals surface area contributed by atoms with Crippen molar-refractivity contribution in [3.63, 3.8) is 0 Å². The largest absolute Gasteiger partial charge is 0.319 e. The van der Waals surface area contributed by atoms with E-state index < -0.39 is 9.84 Å². The van der Waals surface area contributed by atoms with Crippen LogP contribution in [0, 0.1) is 13.8 Å². The summed E-state index contributed by atoms with van der Waals surface area (Å²) < 4.78 is 23.6. The maximum atomic E-state index is 11.8. The van der Waals surface area contributed by atoms with E-state index in [-0.39, 0.29) is 5.75 Å². The highest BCUT2D eigenvalue weighted by Gasteiger charge is 2.13. The van der Waals surface area contributed by atoms with Gasteiger partial charge in [-0.2, -0.15) is 0 Å². The Bertz CT molecular complexity index is 438. The second kappa shape index (κ2) is 4.77. The normalized spacial score (nSPS) is 11.7. The maximum Gasteiger partial charge on any atom is 0.179 e. The van der Waals surface area contributed by atoms with Crippen LogP contribution in [0.4, 0.5) is 0 Å². The second-order valence-corrected chi connectivity index (χ2v) is 5.78. The van der Waals surface area contributed by atoms with E-state index in [0.717, 1.165) is 11.1 Å². The van der Waals surface area contributed by atoms with Gasteiger partial charge in [-0.25, -0.2) is 8.42 Å². The smallest absolute Gasteiger partial charge is 0.179 e. The lowest BCUT2D eigenvalue weighted by Gasteiger charge is -2.06. The van der Waals surface area contributed by atoms with Gasteiger partial charge in [0.2, 0.25) is 0 Å². The molecule has 0 bridgehead atoms. The molecule has 15 heavy (non-hydrogen) atoms. The van der Waals surface area contributed by atoms with Crippen LogP contribution in [-0.4, -0.2) is 27.8 Å². The topological polar surface area (TPSA) is 46.2 Å². The Morgan fingerprint density at radius 1 is 1.20 bits per heavy atom. The fourth-order valence-corrected chi connectivity index (χ4v) is 2.60. The molecule has 1 N–H and O–H groups in total. The van der Waals surface area contributed by atoms with Crippen LogP contribution in [0.1, 0.15) is 11.1 Å². The van der Waals surface area contributed by atoms with Crippen molar-refractivity contribution in [3.05, 3.63) is 29.3 Å². The van der Waals surface area contributed by atoms with Gasteiger partial charge in [-0.05, 0) is 44.2 Å². The van der Waals surface area contributed by atoms with Gasteiger partial charge in [0.1, 0.15) is 0 Å². The molecule has 0 heterocycles. The Kier molecular flexibility index (Phi) is 3.88. The SMILES string of the molecule is CNCCS(=O)(=O)c1ccc(C)c(C)c1. The van der Waals surface area contributed by atoms with Crippen molar-refractivity contribution in [2.24, 2.45) is 0 Å². The van der Waals surface area contributed by atoms with Crippen LogP contribution in [0.5, 0.6) is 0 Å². The summed E-state index contributed by atoms with van der Waals surface area (Å²) in [6.45, 7) is 4.38. The highest BCUT2D eigenvalue weighted by Crippen LogP contribution is 2.15. The first-order valence-corrected chi connectivity index (χ1v) is 6.57. The molecule has 0 amide bonds. The molecule has 3 nitrogen and oxygen atoms in total. The van der Waals surface area contributed by atoms with Crippen LogP contribution in [0.3, 0.4) is 0 Å². The second-order valence-electron chi connectivity index (χ2n) is 3.67. The highest BCUT2D eigenvalue weighted by molar-refractivity contribution is 7.91. The molecule has 0 unspecified atom stereocenters. The predicted molar refractivity (Wildman–Crippen MR) is 61.9 cm³/mol. The summed E-state index contributed by atoms with van der Waals surface area (Å²) in [6.07, 6.45) is 0. The van der Waals surface area contributed by atoms with E-state index in [1.807, 2.05) is 19.9 Å². The minimum Gasteiger partial charge on any atom is -0.319 e. The summed E-state index contributed by atoms with van der Waals surface area (Å²) in [5.74, 6) is 0.145. The van der Waals surface area contributed by atoms with E-state index in [2.05, 4.69) is 5.32 Å². The molecule has 1 aromatic carbocycles. The Labute approximate surface area is 91.4 Å². The summed E-state index contributed by atoms with van der Waals surface area (Å²) in [7, 11) is -1.38. The van der Waals surface area contributed by atoms with Gasteiger partial charge in [0, 0.05) is 6.54 Å². The molecule has 84 valence electrons. The minimum absolute atomic E-state index is 0.145. The van der Waals surface area contributed by atoms with Gasteiger partial charge < -0.3 is 5.32 Å². The highest BCUT2D eigenvalue weighted by atomic mass is 32.2. The van der Waals surface area contributed by atoms with Crippen molar-refractivity contribution < 1.29 is 8.42 Å². The van der Waals surface area contributed by atoms with E-state index in [1.54, 1.807) is 19.2 Å². The van der Waals surface area contributed by atoms with E-state index in [4.69, 9.17) is 0 Å². The van der Waals surface area contributed by atoms with Gasteiger partial charge in [0.25, 0.3) is 0 Å². The van der Waals surface area contributed by atoms with Crippen molar-refractivity contribution in [2.75, 3.05) is 19.3 Å². The number of hydrogen-bond acceptors (Lipinski definition) is 3. The number of hydrogen-bond donors (Lipinski definition) is 1. The lowest BCUT2D eigenvalue weighted by Crippen LogP contribution is -2.19. The van der Waals surface area contributed by atoms with Crippen LogP contribution in [0.2, 0.25) is 0 Å². The fraction of sp³-hybridized carbons (Fsp3) is 0.455. The van der Waals surface area contributed by atoms with Crippen molar-refractivity contribution in [1.29, 1.82) is 0 Å². The van der Waals surface area contributed by atoms with Gasteiger partial charge in [0.05, 0.1) is 10.6 Å². The molecular formula is C11H17NO2S. The molecule has 0 spiro atoms. The summed E-state index contributed by atoms with van der Waals surface area (Å²) in [4.78, 5) is 0.417. The van der Waals surface area contributed by atoms with Crippen LogP contribution in [0.15, 0.2) is 23.1 Å². The summed E-state index contributed by atoms with van der Waals surface area (Å²) in [6, 6.07) is 5.26. The fourth-order valence-electron chi connectivity index (χ4n) is 1.26. The van der Waals surface area contributed by atoms with Crippen molar-refractivity contribution >= 4 is 9.84 Å². The van der Waals surface area contributed by atoms with Gasteiger partial charge in [-0.15, -0.1) is 0 Å². The molecule has 0 aliphatic rings. The Balaban J connectivity index is 3.00. The molecule has 0 saturated carbocycles. The monoisotopic (exact) mass is 227 g/mol. The molecule has 0 atom stereocenters. The van der Waals surface area contributed by atoms with Crippen molar-refractivity contribution in [1.82, 2.24) is 5.32 Å². The third kappa shape index (κ3) is 3.04. The quantitative estimate of drug-likeness (QED) is 0.843. The van der Waals surface area contributed by atoms with Crippen molar-refractivity contribution in [3.8, 4) is 0 Å². The average Bonchev–Trinajstić information content (AvgIpc) is 2.19. The molecule has 1 aromatic rings. The van der Waals surface area contributed by atoms with Gasteiger partial charge in [-0.3, -0.25) is 0 Å². The number of rotatable bonds is 4. The van der Waals surface area contributed by atoms with E-state index in [0.29, 0.717) is 11.4 Å². The Hall–Kier alpha value is -0.870. The van der Waals surface area contributed by atoms with E-state index in [1.165, 1.54) is 0 Å². The molecule has 0 radical (unpaired) electrons. The molecule has 0 fully saturated rings. The Morgan fingerprint density at radius 2 is 1.87 bits per heavy atom. The summed E-state index contributed by atoms with van der Waals surface area (Å²) in [5, 5.41) is 2.84. The standard InChI is InChI=1S/C11H17NO2S/c1-9-4-5-11(8-10(9)2)15(13,14)7-6-12-3/h4-5,8,12H,6-7H2,1-3H3. The first-order chi connectivity index (χ1) is 6.97. The van der Waals surface area contributed by atoms with Crippen molar-refractivity contribution in [2.45, 2.75) is 18.7 Å². The van der Waals surface area contributed by atoms with Crippen LogP contribution >= 0.6 is 0 Å². The molecule has 4 heteroatoms. The van der Waals surface area contributed by atoms with Gasteiger partial charge in [0.15, 0.2) is 9.84 Å². The molecule has 0 aliphatic heterocycles. The number of aryl methyl sites for hydroxylation is 2. The first kappa shape index (κ1) is 12.2. The molecule has 1 rings (SSSR count). The zero-order valence-corrected chi connectivity index (χ0v) is 10.2. The zero-order chi connectivity index (χ0) is 11.5. The third-order valence-corrected chi connectivity index (χ3v) is 4.17. The molecular weight excluding hydrogens is 210 g/mol. The third-order valence-electron chi connectivity index (χ3n) is 2.46. The lowest BCUT2D eigenvalue weighted by atomic mass is 10.1. The van der Waals surface area contributed by atoms with E-state index in [9.17, 15) is 8.42 Å². The lowest BCUT2D eigenvalue weighted by molar-refractivity contribution is 0.593. The minimum atomic E-state index is -3.12. The molecule has 0 aromatic heterocycles. The van der Waals surface area contributed by atoms with Crippen LogP contribution < -0.4 is 5.32 Å². The summed E-state index contributed by atoms with van der Waals surface area (Å²) >= 11 is 0. The molecule has 0 aliphatic carbocycles. The number of sulfone groups is 1. The predicted octanol–water partition coefficient (Wildman–Crippen LogP) is 1.30. The van der Waals surface area contributed by atoms with Crippen LogP contribution in [-0.2, 0) is 9.84 Å².